The number of rotatable bonds is 11. The average molecular weight is 685 g/mol. The molecular weight excluding hydrogens is 637 g/mol. The highest BCUT2D eigenvalue weighted by Gasteiger charge is 2.63. The average Bonchev–Trinajstić information content (AvgIpc) is 4.05. The molecular formula is C39H48N4O5S. The lowest BCUT2D eigenvalue weighted by molar-refractivity contribution is -0.140. The van der Waals surface area contributed by atoms with Gasteiger partial charge in [-0.2, -0.15) is 0 Å². The van der Waals surface area contributed by atoms with Crippen LogP contribution in [-0.4, -0.2) is 72.1 Å². The Kier molecular flexibility index (Phi) is 9.15. The van der Waals surface area contributed by atoms with Crippen molar-refractivity contribution in [3.05, 3.63) is 53.1 Å². The van der Waals surface area contributed by atoms with Crippen LogP contribution in [0, 0.1) is 5.41 Å². The number of carbonyl (C=O) groups excluding carboxylic acids is 3. The number of benzene rings is 2. The van der Waals surface area contributed by atoms with Crippen LogP contribution < -0.4 is 9.46 Å². The number of hydrogen-bond acceptors (Lipinski definition) is 7. The van der Waals surface area contributed by atoms with Crippen molar-refractivity contribution in [3.8, 4) is 17.0 Å². The fraction of sp³-hybridized carbons (Fsp3) is 0.538. The van der Waals surface area contributed by atoms with E-state index in [0.717, 1.165) is 77.7 Å². The third-order valence-electron chi connectivity index (χ3n) is 11.5. The molecule has 10 heteroatoms. The van der Waals surface area contributed by atoms with Crippen molar-refractivity contribution < 1.29 is 23.9 Å². The number of aliphatic imine (C=N–C) groups is 1. The summed E-state index contributed by atoms with van der Waals surface area (Å²) in [6.07, 6.45) is 8.67. The van der Waals surface area contributed by atoms with Gasteiger partial charge in [0.15, 0.2) is 0 Å². The van der Waals surface area contributed by atoms with Crippen molar-refractivity contribution >= 4 is 46.3 Å². The Hall–Kier alpha value is -3.63. The van der Waals surface area contributed by atoms with Gasteiger partial charge in [0.2, 0.25) is 0 Å². The summed E-state index contributed by atoms with van der Waals surface area (Å²) in [4.78, 5) is 47.4. The van der Waals surface area contributed by atoms with E-state index in [2.05, 4.69) is 53.3 Å². The molecule has 0 radical (unpaired) electrons. The zero-order valence-corrected chi connectivity index (χ0v) is 30.2. The van der Waals surface area contributed by atoms with E-state index in [1.54, 1.807) is 7.11 Å². The first-order valence-electron chi connectivity index (χ1n) is 17.9. The number of aromatic nitrogens is 1. The maximum atomic E-state index is 14.5. The first kappa shape index (κ1) is 33.8. The van der Waals surface area contributed by atoms with Crippen molar-refractivity contribution in [1.82, 2.24) is 14.2 Å². The van der Waals surface area contributed by atoms with Crippen LogP contribution in [-0.2, 0) is 20.9 Å². The molecule has 4 aliphatic rings. The van der Waals surface area contributed by atoms with Gasteiger partial charge in [-0.15, -0.1) is 0 Å². The quantitative estimate of drug-likeness (QED) is 0.129. The lowest BCUT2D eigenvalue weighted by atomic mass is 9.81. The molecule has 1 N–H and O–H groups in total. The summed E-state index contributed by atoms with van der Waals surface area (Å²) in [5, 5.41) is 1.14. The van der Waals surface area contributed by atoms with Crippen molar-refractivity contribution in [3.63, 3.8) is 0 Å². The number of fused-ring (bicyclic) bond motifs is 7. The molecule has 0 saturated heterocycles. The van der Waals surface area contributed by atoms with E-state index < -0.39 is 10.2 Å². The number of methoxy groups -OCH3 is 2. The van der Waals surface area contributed by atoms with Crippen LogP contribution in [0.4, 0.5) is 0 Å². The Bertz CT molecular complexity index is 1840. The number of nitrogens with zero attached hydrogens (tertiary/aromatic N) is 3. The molecule has 1 aliphatic heterocycles. The van der Waals surface area contributed by atoms with Crippen LogP contribution in [0.1, 0.15) is 105 Å². The molecule has 1 aromatic heterocycles. The molecule has 2 atom stereocenters. The summed E-state index contributed by atoms with van der Waals surface area (Å²) in [5.41, 5.74) is 6.51. The molecule has 3 saturated carbocycles. The molecule has 3 aromatic rings. The van der Waals surface area contributed by atoms with E-state index in [4.69, 9.17) is 14.5 Å². The van der Waals surface area contributed by atoms with Gasteiger partial charge in [-0.3, -0.25) is 19.1 Å². The standard InChI is InChI=1S/C39H48N4O5S/c1-6-26(22-42(3)7-2)40-36(45)38-21-31(38)30-20-27(47-4)14-16-28(30)34-33(24-11-9-8-10-12-24)29-15-13-25(19-32(29)43(34)23-38)35(44)41-49-39(17-18-39)37(46)48-5/h13-16,19-20,24,31H,6-12,17-18,21-23H2,1-5H3,(H,41,44). The van der Waals surface area contributed by atoms with Gasteiger partial charge >= 0.3 is 5.97 Å². The minimum Gasteiger partial charge on any atom is -0.497 e. The summed E-state index contributed by atoms with van der Waals surface area (Å²) >= 11 is 1.15. The molecule has 49 heavy (non-hydrogen) atoms. The molecule has 2 aromatic carbocycles. The molecule has 2 unspecified atom stereocenters. The highest BCUT2D eigenvalue weighted by molar-refractivity contribution is 8.00. The van der Waals surface area contributed by atoms with Crippen LogP contribution in [0.25, 0.3) is 22.2 Å². The Morgan fingerprint density at radius 1 is 1.06 bits per heavy atom. The van der Waals surface area contributed by atoms with E-state index >= 15 is 0 Å². The zero-order valence-electron chi connectivity index (χ0n) is 29.4. The largest absolute Gasteiger partial charge is 0.497 e. The highest BCUT2D eigenvalue weighted by atomic mass is 32.2. The second kappa shape index (κ2) is 13.2. The van der Waals surface area contributed by atoms with Gasteiger partial charge < -0.3 is 18.9 Å². The molecule has 2 amide bonds. The van der Waals surface area contributed by atoms with Gasteiger partial charge in [0, 0.05) is 46.7 Å². The van der Waals surface area contributed by atoms with Crippen molar-refractivity contribution in [2.75, 3.05) is 34.4 Å². The monoisotopic (exact) mass is 684 g/mol. The molecule has 2 heterocycles. The van der Waals surface area contributed by atoms with Crippen LogP contribution >= 0.6 is 11.9 Å². The number of amides is 2. The fourth-order valence-electron chi connectivity index (χ4n) is 8.18. The number of nitrogens with one attached hydrogen (secondary N) is 1. The predicted octanol–water partition coefficient (Wildman–Crippen LogP) is 7.26. The molecule has 9 nitrogen and oxygen atoms in total. The predicted molar refractivity (Wildman–Crippen MR) is 194 cm³/mol. The molecule has 7 rings (SSSR count). The number of esters is 1. The minimum atomic E-state index is -0.697. The van der Waals surface area contributed by atoms with Gasteiger partial charge in [0.1, 0.15) is 10.5 Å². The van der Waals surface area contributed by atoms with Gasteiger partial charge in [0.25, 0.3) is 11.8 Å². The van der Waals surface area contributed by atoms with Crippen LogP contribution in [0.15, 0.2) is 41.4 Å². The van der Waals surface area contributed by atoms with Gasteiger partial charge in [-0.05, 0) is 111 Å². The van der Waals surface area contributed by atoms with Crippen molar-refractivity contribution in [2.24, 2.45) is 10.4 Å². The second-order valence-corrected chi connectivity index (χ2v) is 15.7. The lowest BCUT2D eigenvalue weighted by Gasteiger charge is -2.24. The van der Waals surface area contributed by atoms with E-state index in [-0.39, 0.29) is 23.7 Å². The van der Waals surface area contributed by atoms with E-state index in [1.807, 2.05) is 18.2 Å². The van der Waals surface area contributed by atoms with Crippen LogP contribution in [0.2, 0.25) is 0 Å². The van der Waals surface area contributed by atoms with Crippen molar-refractivity contribution in [1.29, 1.82) is 0 Å². The topological polar surface area (TPSA) is 102 Å². The number of carbonyl (C=O) groups is 3. The van der Waals surface area contributed by atoms with E-state index in [1.165, 1.54) is 37.6 Å². The Morgan fingerprint density at radius 3 is 2.51 bits per heavy atom. The first-order valence-corrected chi connectivity index (χ1v) is 18.7. The van der Waals surface area contributed by atoms with E-state index in [0.29, 0.717) is 37.4 Å². The normalized spacial score (nSPS) is 22.5. The SMILES string of the molecule is CCC(CN(C)CC)=NC(=O)C12CC1c1cc(OC)ccc1-c1c(C3CCCCC3)c3ccc(C(=O)NSC4(C(=O)OC)CC4)cc3n1C2. The summed E-state index contributed by atoms with van der Waals surface area (Å²) in [5.74, 6) is 0.604. The Labute approximate surface area is 293 Å². The van der Waals surface area contributed by atoms with Crippen LogP contribution in [0.3, 0.4) is 0 Å². The van der Waals surface area contributed by atoms with Crippen molar-refractivity contribution in [2.45, 2.75) is 94.8 Å². The summed E-state index contributed by atoms with van der Waals surface area (Å²) in [6.45, 7) is 6.23. The third kappa shape index (κ3) is 5.98. The smallest absolute Gasteiger partial charge is 0.323 e. The molecule has 0 bridgehead atoms. The molecule has 3 fully saturated rings. The zero-order chi connectivity index (χ0) is 34.5. The maximum absolute atomic E-state index is 14.5. The summed E-state index contributed by atoms with van der Waals surface area (Å²) in [6, 6.07) is 12.3. The third-order valence-corrected chi connectivity index (χ3v) is 12.7. The summed E-state index contributed by atoms with van der Waals surface area (Å²) in [7, 11) is 5.13. The minimum absolute atomic E-state index is 0.0287. The number of ether oxygens (including phenoxy) is 2. The first-order chi connectivity index (χ1) is 23.7. The fourth-order valence-corrected chi connectivity index (χ4v) is 9.06. The highest BCUT2D eigenvalue weighted by Crippen LogP contribution is 2.66. The van der Waals surface area contributed by atoms with Gasteiger partial charge in [0.05, 0.1) is 25.3 Å². The summed E-state index contributed by atoms with van der Waals surface area (Å²) < 4.78 is 15.3. The van der Waals surface area contributed by atoms with Gasteiger partial charge in [-0.25, -0.2) is 4.99 Å². The lowest BCUT2D eigenvalue weighted by Crippen LogP contribution is -2.28. The number of hydrogen-bond donors (Lipinski definition) is 1. The molecule has 0 spiro atoms. The molecule has 260 valence electrons. The van der Waals surface area contributed by atoms with Gasteiger partial charge in [-0.1, -0.05) is 39.2 Å². The second-order valence-electron chi connectivity index (χ2n) is 14.5. The Morgan fingerprint density at radius 2 is 1.84 bits per heavy atom. The van der Waals surface area contributed by atoms with E-state index in [9.17, 15) is 14.4 Å². The maximum Gasteiger partial charge on any atom is 0.323 e. The molecule has 3 aliphatic carbocycles. The van der Waals surface area contributed by atoms with Crippen LogP contribution in [0.5, 0.6) is 5.75 Å². The Balaban J connectivity index is 1.36.